The van der Waals surface area contributed by atoms with Crippen molar-refractivity contribution in [1.82, 2.24) is 15.5 Å². The number of hydrogen-bond donors (Lipinski definition) is 1. The normalized spacial score (nSPS) is 24.6. The van der Waals surface area contributed by atoms with Crippen molar-refractivity contribution < 1.29 is 4.79 Å². The molecule has 17 heavy (non-hydrogen) atoms. The van der Waals surface area contributed by atoms with E-state index in [9.17, 15) is 4.79 Å². The number of hydrogen-bond acceptors (Lipinski definition) is 4. The summed E-state index contributed by atoms with van der Waals surface area (Å²) in [7, 11) is 0. The van der Waals surface area contributed by atoms with Crippen LogP contribution in [0.25, 0.3) is 0 Å². The van der Waals surface area contributed by atoms with Crippen molar-refractivity contribution in [3.05, 3.63) is 9.47 Å². The van der Waals surface area contributed by atoms with Crippen molar-refractivity contribution in [2.75, 3.05) is 6.54 Å². The summed E-state index contributed by atoms with van der Waals surface area (Å²) in [5.41, 5.74) is 0. The van der Waals surface area contributed by atoms with Crippen molar-refractivity contribution in [2.24, 2.45) is 11.8 Å². The standard InChI is InChI=1S/C11H16ClN3OS/c1-7-2-4-8(5-3-7)6-13-9(16)10-14-15-11(12)17-10/h7-8H,2-6H2,1H3,(H,13,16). The Hall–Kier alpha value is -0.680. The molecule has 1 heterocycles. The second-order valence-corrected chi connectivity index (χ2v) is 6.26. The molecule has 4 nitrogen and oxygen atoms in total. The smallest absolute Gasteiger partial charge is 0.282 e. The SMILES string of the molecule is CC1CCC(CNC(=O)c2nnc(Cl)s2)CC1. The number of nitrogens with one attached hydrogen (secondary N) is 1. The van der Waals surface area contributed by atoms with Crippen LogP contribution in [0.5, 0.6) is 0 Å². The van der Waals surface area contributed by atoms with Crippen molar-refractivity contribution in [3.63, 3.8) is 0 Å². The van der Waals surface area contributed by atoms with Crippen LogP contribution in [0.15, 0.2) is 0 Å². The van der Waals surface area contributed by atoms with Gasteiger partial charge in [-0.1, -0.05) is 31.1 Å². The van der Waals surface area contributed by atoms with Gasteiger partial charge in [0.1, 0.15) is 0 Å². The first-order valence-corrected chi connectivity index (χ1v) is 7.12. The fourth-order valence-electron chi connectivity index (χ4n) is 2.14. The zero-order chi connectivity index (χ0) is 12.3. The molecule has 1 saturated carbocycles. The van der Waals surface area contributed by atoms with Gasteiger partial charge in [-0.25, -0.2) is 0 Å². The molecule has 0 aromatic carbocycles. The Balaban J connectivity index is 1.76. The quantitative estimate of drug-likeness (QED) is 0.921. The van der Waals surface area contributed by atoms with Gasteiger partial charge >= 0.3 is 0 Å². The number of aromatic nitrogens is 2. The molecule has 1 amide bonds. The van der Waals surface area contributed by atoms with Crippen molar-refractivity contribution in [3.8, 4) is 0 Å². The summed E-state index contributed by atoms with van der Waals surface area (Å²) < 4.78 is 0.307. The highest BCUT2D eigenvalue weighted by Gasteiger charge is 2.19. The second kappa shape index (κ2) is 5.78. The highest BCUT2D eigenvalue weighted by Crippen LogP contribution is 2.27. The first-order chi connectivity index (χ1) is 8.15. The fourth-order valence-corrected chi connectivity index (χ4v) is 2.89. The summed E-state index contributed by atoms with van der Waals surface area (Å²) in [5, 5.41) is 10.6. The molecule has 0 radical (unpaired) electrons. The minimum Gasteiger partial charge on any atom is -0.350 e. The maximum absolute atomic E-state index is 11.7. The summed E-state index contributed by atoms with van der Waals surface area (Å²) >= 11 is 6.75. The number of amides is 1. The molecule has 1 aliphatic rings. The molecule has 1 aliphatic carbocycles. The molecule has 0 bridgehead atoms. The first-order valence-electron chi connectivity index (χ1n) is 5.92. The third-order valence-electron chi connectivity index (χ3n) is 3.28. The average Bonchev–Trinajstić information content (AvgIpc) is 2.75. The van der Waals surface area contributed by atoms with Gasteiger partial charge in [-0.3, -0.25) is 4.79 Å². The number of carbonyl (C=O) groups excluding carboxylic acids is 1. The summed E-state index contributed by atoms with van der Waals surface area (Å²) in [6.07, 6.45) is 4.95. The topological polar surface area (TPSA) is 54.9 Å². The third kappa shape index (κ3) is 3.64. The van der Waals surface area contributed by atoms with Gasteiger partial charge < -0.3 is 5.32 Å². The van der Waals surface area contributed by atoms with Crippen molar-refractivity contribution in [2.45, 2.75) is 32.6 Å². The van der Waals surface area contributed by atoms with E-state index in [1.807, 2.05) is 0 Å². The minimum absolute atomic E-state index is 0.159. The van der Waals surface area contributed by atoms with E-state index in [4.69, 9.17) is 11.6 Å². The monoisotopic (exact) mass is 273 g/mol. The lowest BCUT2D eigenvalue weighted by atomic mass is 9.83. The van der Waals surface area contributed by atoms with Gasteiger partial charge in [0.25, 0.3) is 5.91 Å². The van der Waals surface area contributed by atoms with E-state index >= 15 is 0 Å². The molecule has 0 unspecified atom stereocenters. The van der Waals surface area contributed by atoms with Gasteiger partial charge in [0, 0.05) is 6.54 Å². The predicted octanol–water partition coefficient (Wildman–Crippen LogP) is 2.75. The third-order valence-corrected chi connectivity index (χ3v) is 4.30. The number of carbonyl (C=O) groups is 1. The van der Waals surface area contributed by atoms with Crippen molar-refractivity contribution >= 4 is 28.8 Å². The Labute approximate surface area is 110 Å². The summed E-state index contributed by atoms with van der Waals surface area (Å²) in [6.45, 7) is 3.03. The molecule has 1 N–H and O–H groups in total. The molecule has 1 aromatic heterocycles. The molecule has 6 heteroatoms. The summed E-state index contributed by atoms with van der Waals surface area (Å²) in [5.74, 6) is 1.29. The van der Waals surface area contributed by atoms with E-state index < -0.39 is 0 Å². The Bertz CT molecular complexity index is 388. The Morgan fingerprint density at radius 3 is 2.71 bits per heavy atom. The molecular formula is C11H16ClN3OS. The summed E-state index contributed by atoms with van der Waals surface area (Å²) in [4.78, 5) is 11.7. The van der Waals surface area contributed by atoms with E-state index in [2.05, 4.69) is 22.4 Å². The lowest BCUT2D eigenvalue weighted by molar-refractivity contribution is 0.0941. The van der Waals surface area contributed by atoms with E-state index in [1.54, 1.807) is 0 Å². The van der Waals surface area contributed by atoms with Crippen LogP contribution in [-0.4, -0.2) is 22.6 Å². The Morgan fingerprint density at radius 2 is 2.12 bits per heavy atom. The van der Waals surface area contributed by atoms with Crippen LogP contribution in [0.4, 0.5) is 0 Å². The van der Waals surface area contributed by atoms with E-state index in [1.165, 1.54) is 25.7 Å². The number of rotatable bonds is 3. The van der Waals surface area contributed by atoms with Crippen LogP contribution in [0.1, 0.15) is 42.4 Å². The fraction of sp³-hybridized carbons (Fsp3) is 0.727. The highest BCUT2D eigenvalue weighted by molar-refractivity contribution is 7.17. The van der Waals surface area contributed by atoms with Crippen LogP contribution in [-0.2, 0) is 0 Å². The summed E-state index contributed by atoms with van der Waals surface area (Å²) in [6, 6.07) is 0. The minimum atomic E-state index is -0.159. The van der Waals surface area contributed by atoms with Crippen LogP contribution in [0.3, 0.4) is 0 Å². The Kier molecular flexibility index (Phi) is 4.34. The largest absolute Gasteiger partial charge is 0.350 e. The maximum Gasteiger partial charge on any atom is 0.282 e. The highest BCUT2D eigenvalue weighted by atomic mass is 35.5. The van der Waals surface area contributed by atoms with Gasteiger partial charge in [-0.2, -0.15) is 0 Å². The van der Waals surface area contributed by atoms with Crippen LogP contribution in [0.2, 0.25) is 4.47 Å². The molecular weight excluding hydrogens is 258 g/mol. The zero-order valence-electron chi connectivity index (χ0n) is 9.78. The van der Waals surface area contributed by atoms with Crippen LogP contribution >= 0.6 is 22.9 Å². The molecule has 0 saturated heterocycles. The molecule has 94 valence electrons. The van der Waals surface area contributed by atoms with Gasteiger partial charge in [-0.15, -0.1) is 10.2 Å². The van der Waals surface area contributed by atoms with Crippen LogP contribution < -0.4 is 5.32 Å². The molecule has 0 aliphatic heterocycles. The predicted molar refractivity (Wildman–Crippen MR) is 68.4 cm³/mol. The molecule has 2 rings (SSSR count). The molecule has 1 fully saturated rings. The second-order valence-electron chi connectivity index (χ2n) is 4.70. The number of nitrogens with zero attached hydrogens (tertiary/aromatic N) is 2. The van der Waals surface area contributed by atoms with E-state index in [0.29, 0.717) is 15.4 Å². The van der Waals surface area contributed by atoms with E-state index in [0.717, 1.165) is 23.8 Å². The lowest BCUT2D eigenvalue weighted by Crippen LogP contribution is -2.31. The molecule has 1 aromatic rings. The first kappa shape index (κ1) is 12.8. The Morgan fingerprint density at radius 1 is 1.41 bits per heavy atom. The number of halogens is 1. The zero-order valence-corrected chi connectivity index (χ0v) is 11.4. The molecule has 0 atom stereocenters. The van der Waals surface area contributed by atoms with Gasteiger partial charge in [0.15, 0.2) is 0 Å². The van der Waals surface area contributed by atoms with Crippen molar-refractivity contribution in [1.29, 1.82) is 0 Å². The average molecular weight is 274 g/mol. The lowest BCUT2D eigenvalue weighted by Gasteiger charge is -2.25. The van der Waals surface area contributed by atoms with Gasteiger partial charge in [0.2, 0.25) is 9.47 Å². The van der Waals surface area contributed by atoms with Crippen LogP contribution in [0, 0.1) is 11.8 Å². The maximum atomic E-state index is 11.7. The van der Waals surface area contributed by atoms with Gasteiger partial charge in [-0.05, 0) is 36.3 Å². The van der Waals surface area contributed by atoms with Gasteiger partial charge in [0.05, 0.1) is 0 Å². The van der Waals surface area contributed by atoms with E-state index in [-0.39, 0.29) is 5.91 Å². The molecule has 0 spiro atoms.